The van der Waals surface area contributed by atoms with Crippen LogP contribution in [0.4, 0.5) is 5.69 Å². The van der Waals surface area contributed by atoms with E-state index < -0.39 is 11.7 Å². The Morgan fingerprint density at radius 2 is 2.10 bits per heavy atom. The van der Waals surface area contributed by atoms with E-state index in [1.165, 1.54) is 12.0 Å². The molecule has 6 nitrogen and oxygen atoms in total. The van der Waals surface area contributed by atoms with E-state index in [4.69, 9.17) is 4.74 Å². The van der Waals surface area contributed by atoms with E-state index in [2.05, 4.69) is 0 Å². The van der Waals surface area contributed by atoms with Crippen molar-refractivity contribution in [2.24, 2.45) is 0 Å². The van der Waals surface area contributed by atoms with Gasteiger partial charge in [-0.15, -0.1) is 0 Å². The standard InChI is InChI=1S/C15H16N2O4/c1-16(9-3-4-9)13(18)8-17-12-7-10(21-2)5-6-11(12)14(19)15(17)20/h5-7,9H,3-4,8H2,1-2H3. The SMILES string of the molecule is COc1ccc2c(c1)N(CC(=O)N(C)C1CC1)C(=O)C2=O. The third kappa shape index (κ3) is 2.26. The van der Waals surface area contributed by atoms with Crippen molar-refractivity contribution in [1.29, 1.82) is 0 Å². The van der Waals surface area contributed by atoms with Gasteiger partial charge in [-0.3, -0.25) is 19.3 Å². The number of benzene rings is 1. The van der Waals surface area contributed by atoms with Crippen LogP contribution in [0.2, 0.25) is 0 Å². The number of methoxy groups -OCH3 is 1. The van der Waals surface area contributed by atoms with E-state index >= 15 is 0 Å². The smallest absolute Gasteiger partial charge is 0.299 e. The second kappa shape index (κ2) is 4.87. The minimum Gasteiger partial charge on any atom is -0.497 e. The van der Waals surface area contributed by atoms with Crippen molar-refractivity contribution in [3.63, 3.8) is 0 Å². The first-order valence-corrected chi connectivity index (χ1v) is 6.83. The van der Waals surface area contributed by atoms with Crippen molar-refractivity contribution in [1.82, 2.24) is 4.90 Å². The Labute approximate surface area is 122 Å². The molecule has 1 aliphatic carbocycles. The molecule has 1 aliphatic heterocycles. The summed E-state index contributed by atoms with van der Waals surface area (Å²) in [5.41, 5.74) is 0.768. The zero-order valence-electron chi connectivity index (χ0n) is 12.0. The minimum atomic E-state index is -0.657. The predicted molar refractivity (Wildman–Crippen MR) is 75.5 cm³/mol. The number of Topliss-reactive ketones (excluding diaryl/α,β-unsaturated/α-hetero) is 1. The maximum Gasteiger partial charge on any atom is 0.299 e. The van der Waals surface area contributed by atoms with Gasteiger partial charge in [0.1, 0.15) is 12.3 Å². The molecule has 21 heavy (non-hydrogen) atoms. The quantitative estimate of drug-likeness (QED) is 0.770. The van der Waals surface area contributed by atoms with E-state index in [1.54, 1.807) is 30.1 Å². The lowest BCUT2D eigenvalue weighted by Gasteiger charge is -2.21. The fraction of sp³-hybridized carbons (Fsp3) is 0.400. The number of fused-ring (bicyclic) bond motifs is 1. The topological polar surface area (TPSA) is 66.9 Å². The minimum absolute atomic E-state index is 0.113. The van der Waals surface area contributed by atoms with Gasteiger partial charge in [-0.25, -0.2) is 0 Å². The summed E-state index contributed by atoms with van der Waals surface area (Å²) in [5, 5.41) is 0. The van der Waals surface area contributed by atoms with E-state index in [-0.39, 0.29) is 18.5 Å². The van der Waals surface area contributed by atoms with Gasteiger partial charge in [-0.1, -0.05) is 0 Å². The van der Waals surface area contributed by atoms with Crippen LogP contribution < -0.4 is 9.64 Å². The molecule has 1 fully saturated rings. The van der Waals surface area contributed by atoms with Crippen LogP contribution in [0.3, 0.4) is 0 Å². The lowest BCUT2D eigenvalue weighted by Crippen LogP contribution is -2.41. The lowest BCUT2D eigenvalue weighted by molar-refractivity contribution is -0.130. The summed E-state index contributed by atoms with van der Waals surface area (Å²) in [7, 11) is 3.24. The molecule has 2 aliphatic rings. The number of likely N-dealkylation sites (N-methyl/N-ethyl adjacent to an activating group) is 1. The van der Waals surface area contributed by atoms with Crippen LogP contribution >= 0.6 is 0 Å². The maximum absolute atomic E-state index is 12.2. The maximum atomic E-state index is 12.2. The van der Waals surface area contributed by atoms with Crippen LogP contribution in [0.1, 0.15) is 23.2 Å². The molecule has 0 saturated heterocycles. The summed E-state index contributed by atoms with van der Waals surface area (Å²) >= 11 is 0. The van der Waals surface area contributed by atoms with Gasteiger partial charge in [0.2, 0.25) is 5.91 Å². The first-order valence-electron chi connectivity index (χ1n) is 6.83. The highest BCUT2D eigenvalue weighted by Gasteiger charge is 2.39. The number of nitrogens with zero attached hydrogens (tertiary/aromatic N) is 2. The summed E-state index contributed by atoms with van der Waals surface area (Å²) in [6.07, 6.45) is 2.00. The molecule has 0 unspecified atom stereocenters. The molecule has 1 aromatic rings. The van der Waals surface area contributed by atoms with E-state index in [9.17, 15) is 14.4 Å². The number of ether oxygens (including phenoxy) is 1. The van der Waals surface area contributed by atoms with E-state index in [0.717, 1.165) is 12.8 Å². The number of carbonyl (C=O) groups excluding carboxylic acids is 3. The summed E-state index contributed by atoms with van der Waals surface area (Å²) in [4.78, 5) is 39.1. The highest BCUT2D eigenvalue weighted by Crippen LogP contribution is 2.33. The van der Waals surface area contributed by atoms with Gasteiger partial charge < -0.3 is 9.64 Å². The number of carbonyl (C=O) groups is 3. The van der Waals surface area contributed by atoms with Crippen LogP contribution in [-0.2, 0) is 9.59 Å². The molecular formula is C15H16N2O4. The second-order valence-corrected chi connectivity index (χ2v) is 5.34. The number of amides is 2. The first kappa shape index (κ1) is 13.6. The fourth-order valence-electron chi connectivity index (χ4n) is 2.47. The number of anilines is 1. The van der Waals surface area contributed by atoms with Gasteiger partial charge in [-0.2, -0.15) is 0 Å². The first-order chi connectivity index (χ1) is 10.0. The molecule has 0 spiro atoms. The Morgan fingerprint density at radius 3 is 2.71 bits per heavy atom. The van der Waals surface area contributed by atoms with Gasteiger partial charge >= 0.3 is 0 Å². The Balaban J connectivity index is 1.87. The second-order valence-electron chi connectivity index (χ2n) is 5.34. The van der Waals surface area contributed by atoms with Crippen molar-refractivity contribution in [2.75, 3.05) is 25.6 Å². The van der Waals surface area contributed by atoms with Gasteiger partial charge in [0.15, 0.2) is 0 Å². The normalized spacial score (nSPS) is 17.0. The summed E-state index contributed by atoms with van der Waals surface area (Å²) in [5.74, 6) is -0.844. The van der Waals surface area contributed by atoms with E-state index in [1.807, 2.05) is 0 Å². The molecule has 110 valence electrons. The fourth-order valence-corrected chi connectivity index (χ4v) is 2.47. The number of ketones is 1. The van der Waals surface area contributed by atoms with Gasteiger partial charge in [0.25, 0.3) is 11.7 Å². The van der Waals surface area contributed by atoms with Crippen molar-refractivity contribution in [3.8, 4) is 5.75 Å². The third-order valence-corrected chi connectivity index (χ3v) is 3.96. The number of hydrogen-bond acceptors (Lipinski definition) is 4. The summed E-state index contributed by atoms with van der Waals surface area (Å²) in [6, 6.07) is 5.08. The average Bonchev–Trinajstić information content (AvgIpc) is 3.31. The molecule has 6 heteroatoms. The molecular weight excluding hydrogens is 272 g/mol. The molecule has 0 radical (unpaired) electrons. The molecule has 0 aromatic heterocycles. The molecule has 2 amide bonds. The monoisotopic (exact) mass is 288 g/mol. The largest absolute Gasteiger partial charge is 0.497 e. The van der Waals surface area contributed by atoms with Crippen molar-refractivity contribution in [3.05, 3.63) is 23.8 Å². The zero-order chi connectivity index (χ0) is 15.1. The van der Waals surface area contributed by atoms with Gasteiger partial charge in [0, 0.05) is 19.2 Å². The summed E-state index contributed by atoms with van der Waals surface area (Å²) < 4.78 is 5.11. The highest BCUT2D eigenvalue weighted by atomic mass is 16.5. The molecule has 1 heterocycles. The number of hydrogen-bond donors (Lipinski definition) is 0. The molecule has 0 N–H and O–H groups in total. The van der Waals surface area contributed by atoms with Crippen molar-refractivity contribution >= 4 is 23.3 Å². The van der Waals surface area contributed by atoms with Crippen LogP contribution in [0.5, 0.6) is 5.75 Å². The Morgan fingerprint density at radius 1 is 1.38 bits per heavy atom. The van der Waals surface area contributed by atoms with Gasteiger partial charge in [-0.05, 0) is 25.0 Å². The zero-order valence-corrected chi connectivity index (χ0v) is 12.0. The summed E-state index contributed by atoms with van der Waals surface area (Å²) in [6.45, 7) is -0.113. The molecule has 0 bridgehead atoms. The Bertz CT molecular complexity index is 637. The van der Waals surface area contributed by atoms with E-state index in [0.29, 0.717) is 17.0 Å². The molecule has 0 atom stereocenters. The Kier molecular flexibility index (Phi) is 3.16. The average molecular weight is 288 g/mol. The van der Waals surface area contributed by atoms with Gasteiger partial charge in [0.05, 0.1) is 18.4 Å². The molecule has 1 aromatic carbocycles. The predicted octanol–water partition coefficient (Wildman–Crippen LogP) is 0.845. The number of rotatable bonds is 4. The van der Waals surface area contributed by atoms with Crippen LogP contribution in [-0.4, -0.2) is 49.2 Å². The van der Waals surface area contributed by atoms with Crippen LogP contribution in [0.15, 0.2) is 18.2 Å². The van der Waals surface area contributed by atoms with Crippen molar-refractivity contribution in [2.45, 2.75) is 18.9 Å². The Hall–Kier alpha value is -2.37. The lowest BCUT2D eigenvalue weighted by atomic mass is 10.1. The third-order valence-electron chi connectivity index (χ3n) is 3.96. The van der Waals surface area contributed by atoms with Crippen molar-refractivity contribution < 1.29 is 19.1 Å². The van der Waals surface area contributed by atoms with Crippen LogP contribution in [0.25, 0.3) is 0 Å². The highest BCUT2D eigenvalue weighted by molar-refractivity contribution is 6.52. The molecule has 3 rings (SSSR count). The van der Waals surface area contributed by atoms with Crippen LogP contribution in [0, 0.1) is 0 Å². The molecule has 1 saturated carbocycles.